The number of carbonyl (C=O) groups excluding carboxylic acids is 1. The fraction of sp³-hybridized carbons (Fsp3) is 0.818. The van der Waals surface area contributed by atoms with Gasteiger partial charge in [0.05, 0.1) is 5.54 Å². The molecule has 0 aromatic heterocycles. The van der Waals surface area contributed by atoms with Gasteiger partial charge in [0.2, 0.25) is 5.91 Å². The predicted molar refractivity (Wildman–Crippen MR) is 62.2 cm³/mol. The molecule has 5 nitrogen and oxygen atoms in total. The summed E-state index contributed by atoms with van der Waals surface area (Å²) in [6.07, 6.45) is 4.00. The zero-order valence-corrected chi connectivity index (χ0v) is 10.2. The Hall–Kier alpha value is -1.26. The molecule has 0 spiro atoms. The van der Waals surface area contributed by atoms with Crippen molar-refractivity contribution in [3.63, 3.8) is 0 Å². The first-order valence-corrected chi connectivity index (χ1v) is 5.62. The fourth-order valence-corrected chi connectivity index (χ4v) is 2.01. The average molecular weight is 227 g/mol. The van der Waals surface area contributed by atoms with Gasteiger partial charge in [-0.3, -0.25) is 4.79 Å². The minimum absolute atomic E-state index is 0.0124. The Morgan fingerprint density at radius 2 is 1.94 bits per heavy atom. The van der Waals surface area contributed by atoms with Crippen LogP contribution < -0.4 is 11.1 Å². The van der Waals surface area contributed by atoms with Crippen molar-refractivity contribution in [2.45, 2.75) is 52.0 Å². The molecule has 1 aliphatic carbocycles. The SMILES string of the molecule is CC1(C(=O)NC(C)(C)C(N)=NO)CCCC1. The Labute approximate surface area is 96.1 Å². The molecule has 0 aliphatic heterocycles. The molecule has 1 aliphatic rings. The van der Waals surface area contributed by atoms with E-state index in [2.05, 4.69) is 10.5 Å². The first-order chi connectivity index (χ1) is 7.32. The summed E-state index contributed by atoms with van der Waals surface area (Å²) in [6, 6.07) is 0. The van der Waals surface area contributed by atoms with Crippen molar-refractivity contribution < 1.29 is 10.0 Å². The van der Waals surface area contributed by atoms with Crippen molar-refractivity contribution in [3.05, 3.63) is 0 Å². The summed E-state index contributed by atoms with van der Waals surface area (Å²) >= 11 is 0. The van der Waals surface area contributed by atoms with E-state index in [-0.39, 0.29) is 17.2 Å². The largest absolute Gasteiger partial charge is 0.409 e. The molecule has 0 aromatic carbocycles. The number of nitrogens with one attached hydrogen (secondary N) is 1. The van der Waals surface area contributed by atoms with Gasteiger partial charge >= 0.3 is 0 Å². The fourth-order valence-electron chi connectivity index (χ4n) is 2.01. The van der Waals surface area contributed by atoms with E-state index in [1.165, 1.54) is 0 Å². The van der Waals surface area contributed by atoms with Crippen LogP contribution in [0.4, 0.5) is 0 Å². The molecule has 0 heterocycles. The van der Waals surface area contributed by atoms with Gasteiger partial charge < -0.3 is 16.3 Å². The maximum Gasteiger partial charge on any atom is 0.226 e. The molecule has 92 valence electrons. The highest BCUT2D eigenvalue weighted by molar-refractivity contribution is 5.94. The lowest BCUT2D eigenvalue weighted by Gasteiger charge is -2.30. The maximum atomic E-state index is 12.1. The Morgan fingerprint density at radius 1 is 1.44 bits per heavy atom. The van der Waals surface area contributed by atoms with Crippen LogP contribution in [0.15, 0.2) is 5.16 Å². The standard InChI is InChI=1S/C11H21N3O2/c1-10(2,8(12)14-16)13-9(15)11(3)6-4-5-7-11/h16H,4-7H2,1-3H3,(H2,12,14)(H,13,15). The normalized spacial score (nSPS) is 20.8. The van der Waals surface area contributed by atoms with Gasteiger partial charge in [-0.15, -0.1) is 0 Å². The number of amidine groups is 1. The van der Waals surface area contributed by atoms with Gasteiger partial charge in [0.1, 0.15) is 0 Å². The van der Waals surface area contributed by atoms with Crippen LogP contribution in [0.3, 0.4) is 0 Å². The zero-order chi connectivity index (χ0) is 12.4. The summed E-state index contributed by atoms with van der Waals surface area (Å²) in [5.41, 5.74) is 4.42. The smallest absolute Gasteiger partial charge is 0.226 e. The third-order valence-electron chi connectivity index (χ3n) is 3.43. The van der Waals surface area contributed by atoms with E-state index in [1.54, 1.807) is 13.8 Å². The van der Waals surface area contributed by atoms with E-state index >= 15 is 0 Å². The number of oxime groups is 1. The Balaban J connectivity index is 2.70. The summed E-state index contributed by atoms with van der Waals surface area (Å²) in [4.78, 5) is 12.1. The van der Waals surface area contributed by atoms with Gasteiger partial charge in [-0.25, -0.2) is 0 Å². The van der Waals surface area contributed by atoms with Gasteiger partial charge in [0.25, 0.3) is 0 Å². The topological polar surface area (TPSA) is 87.7 Å². The second kappa shape index (κ2) is 4.31. The van der Waals surface area contributed by atoms with Crippen LogP contribution >= 0.6 is 0 Å². The van der Waals surface area contributed by atoms with Gasteiger partial charge in [-0.2, -0.15) is 0 Å². The molecule has 0 unspecified atom stereocenters. The lowest BCUT2D eigenvalue weighted by Crippen LogP contribution is -2.56. The summed E-state index contributed by atoms with van der Waals surface area (Å²) in [6.45, 7) is 5.41. The molecular formula is C11H21N3O2. The van der Waals surface area contributed by atoms with Crippen LogP contribution in [0.25, 0.3) is 0 Å². The maximum absolute atomic E-state index is 12.1. The third-order valence-corrected chi connectivity index (χ3v) is 3.43. The van der Waals surface area contributed by atoms with Gasteiger partial charge in [0.15, 0.2) is 5.84 Å². The summed E-state index contributed by atoms with van der Waals surface area (Å²) in [5, 5.41) is 14.4. The highest BCUT2D eigenvalue weighted by atomic mass is 16.4. The molecule has 0 aromatic rings. The molecule has 1 fully saturated rings. The van der Waals surface area contributed by atoms with Crippen molar-refractivity contribution in [2.24, 2.45) is 16.3 Å². The molecule has 0 bridgehead atoms. The Kier molecular flexibility index (Phi) is 3.45. The molecule has 0 saturated heterocycles. The molecular weight excluding hydrogens is 206 g/mol. The van der Waals surface area contributed by atoms with Gasteiger partial charge in [-0.1, -0.05) is 24.9 Å². The average Bonchev–Trinajstić information content (AvgIpc) is 2.64. The number of nitrogens with two attached hydrogens (primary N) is 1. The van der Waals surface area contributed by atoms with Crippen LogP contribution in [0.2, 0.25) is 0 Å². The van der Waals surface area contributed by atoms with Crippen molar-refractivity contribution >= 4 is 11.7 Å². The molecule has 0 atom stereocenters. The van der Waals surface area contributed by atoms with Crippen molar-refractivity contribution in [1.82, 2.24) is 5.32 Å². The highest BCUT2D eigenvalue weighted by Crippen LogP contribution is 2.37. The number of carbonyl (C=O) groups is 1. The van der Waals surface area contributed by atoms with E-state index in [0.29, 0.717) is 0 Å². The van der Waals surface area contributed by atoms with Crippen LogP contribution in [0.5, 0.6) is 0 Å². The lowest BCUT2D eigenvalue weighted by atomic mass is 9.86. The first-order valence-electron chi connectivity index (χ1n) is 5.62. The Bertz CT molecular complexity index is 304. The number of rotatable bonds is 3. The van der Waals surface area contributed by atoms with Crippen molar-refractivity contribution in [1.29, 1.82) is 0 Å². The minimum atomic E-state index is -0.808. The monoisotopic (exact) mass is 227 g/mol. The molecule has 4 N–H and O–H groups in total. The number of amides is 1. The lowest BCUT2D eigenvalue weighted by molar-refractivity contribution is -0.130. The van der Waals surface area contributed by atoms with E-state index in [4.69, 9.17) is 10.9 Å². The Morgan fingerprint density at radius 3 is 2.38 bits per heavy atom. The van der Waals surface area contributed by atoms with Gasteiger partial charge in [-0.05, 0) is 26.7 Å². The number of nitrogens with zero attached hydrogens (tertiary/aromatic N) is 1. The molecule has 1 amide bonds. The summed E-state index contributed by atoms with van der Waals surface area (Å²) in [5.74, 6) is 0.00375. The molecule has 16 heavy (non-hydrogen) atoms. The van der Waals surface area contributed by atoms with E-state index in [9.17, 15) is 4.79 Å². The highest BCUT2D eigenvalue weighted by Gasteiger charge is 2.39. The zero-order valence-electron chi connectivity index (χ0n) is 10.2. The van der Waals surface area contributed by atoms with Crippen molar-refractivity contribution in [3.8, 4) is 0 Å². The summed E-state index contributed by atoms with van der Waals surface area (Å²) < 4.78 is 0. The third kappa shape index (κ3) is 2.46. The van der Waals surface area contributed by atoms with Crippen LogP contribution in [0, 0.1) is 5.41 Å². The second-order valence-electron chi connectivity index (χ2n) is 5.33. The van der Waals surface area contributed by atoms with Crippen molar-refractivity contribution in [2.75, 3.05) is 0 Å². The van der Waals surface area contributed by atoms with E-state index < -0.39 is 5.54 Å². The molecule has 5 heteroatoms. The van der Waals surface area contributed by atoms with Crippen LogP contribution in [0.1, 0.15) is 46.5 Å². The molecule has 0 radical (unpaired) electrons. The summed E-state index contributed by atoms with van der Waals surface area (Å²) in [7, 11) is 0. The van der Waals surface area contributed by atoms with E-state index in [1.807, 2.05) is 6.92 Å². The predicted octanol–water partition coefficient (Wildman–Crippen LogP) is 1.21. The quantitative estimate of drug-likeness (QED) is 0.293. The number of hydrogen-bond acceptors (Lipinski definition) is 3. The molecule has 1 rings (SSSR count). The van der Waals surface area contributed by atoms with Crippen LogP contribution in [-0.4, -0.2) is 22.5 Å². The van der Waals surface area contributed by atoms with Crippen LogP contribution in [-0.2, 0) is 4.79 Å². The second-order valence-corrected chi connectivity index (χ2v) is 5.33. The number of hydrogen-bond donors (Lipinski definition) is 3. The first kappa shape index (κ1) is 12.8. The van der Waals surface area contributed by atoms with E-state index in [0.717, 1.165) is 25.7 Å². The molecule has 1 saturated carbocycles. The minimum Gasteiger partial charge on any atom is -0.409 e. The van der Waals surface area contributed by atoms with Gasteiger partial charge in [0, 0.05) is 5.41 Å².